The van der Waals surface area contributed by atoms with Crippen molar-refractivity contribution >= 4 is 28.6 Å². The molecule has 0 radical (unpaired) electrons. The molecule has 0 saturated heterocycles. The van der Waals surface area contributed by atoms with Crippen molar-refractivity contribution in [3.05, 3.63) is 45.4 Å². The standard InChI is InChI=1S/C12H13ClN2OS/c1-15(5-10-7-17-8-14-10)11-3-2-9(6-16)12(13)4-11/h2-4,7-8,16H,5-6H2,1H3. The molecule has 0 aliphatic rings. The number of halogens is 1. The van der Waals surface area contributed by atoms with E-state index in [0.717, 1.165) is 23.5 Å². The summed E-state index contributed by atoms with van der Waals surface area (Å²) in [5.74, 6) is 0. The van der Waals surface area contributed by atoms with Gasteiger partial charge in [-0.05, 0) is 17.7 Å². The first-order valence-corrected chi connectivity index (χ1v) is 6.50. The van der Waals surface area contributed by atoms with Gasteiger partial charge in [0.05, 0.1) is 24.4 Å². The van der Waals surface area contributed by atoms with E-state index in [1.807, 2.05) is 36.1 Å². The zero-order valence-corrected chi connectivity index (χ0v) is 11.0. The van der Waals surface area contributed by atoms with Crippen LogP contribution in [-0.4, -0.2) is 17.1 Å². The zero-order valence-electron chi connectivity index (χ0n) is 9.43. The third kappa shape index (κ3) is 2.97. The van der Waals surface area contributed by atoms with Gasteiger partial charge in [-0.25, -0.2) is 4.98 Å². The highest BCUT2D eigenvalue weighted by Crippen LogP contribution is 2.24. The van der Waals surface area contributed by atoms with Gasteiger partial charge < -0.3 is 10.0 Å². The van der Waals surface area contributed by atoms with Crippen molar-refractivity contribution in [1.29, 1.82) is 0 Å². The molecule has 0 atom stereocenters. The maximum atomic E-state index is 9.05. The molecule has 0 aliphatic heterocycles. The lowest BCUT2D eigenvalue weighted by Gasteiger charge is -2.19. The number of hydrogen-bond donors (Lipinski definition) is 1. The predicted octanol–water partition coefficient (Wildman–Crippen LogP) is 2.93. The molecule has 0 bridgehead atoms. The molecule has 2 rings (SSSR count). The van der Waals surface area contributed by atoms with Crippen molar-refractivity contribution < 1.29 is 5.11 Å². The molecule has 0 aliphatic carbocycles. The molecule has 90 valence electrons. The molecule has 0 unspecified atom stereocenters. The van der Waals surface area contributed by atoms with E-state index < -0.39 is 0 Å². The summed E-state index contributed by atoms with van der Waals surface area (Å²) < 4.78 is 0. The molecule has 0 fully saturated rings. The van der Waals surface area contributed by atoms with Crippen molar-refractivity contribution in [1.82, 2.24) is 4.98 Å². The zero-order chi connectivity index (χ0) is 12.3. The van der Waals surface area contributed by atoms with Crippen LogP contribution < -0.4 is 4.90 Å². The molecule has 1 heterocycles. The molecule has 5 heteroatoms. The van der Waals surface area contributed by atoms with Gasteiger partial charge in [0.2, 0.25) is 0 Å². The number of thiazole rings is 1. The molecule has 1 aromatic heterocycles. The highest BCUT2D eigenvalue weighted by Gasteiger charge is 2.06. The van der Waals surface area contributed by atoms with E-state index >= 15 is 0 Å². The highest BCUT2D eigenvalue weighted by atomic mass is 35.5. The largest absolute Gasteiger partial charge is 0.392 e. The van der Waals surface area contributed by atoms with Crippen molar-refractivity contribution in [2.75, 3.05) is 11.9 Å². The van der Waals surface area contributed by atoms with E-state index in [9.17, 15) is 0 Å². The van der Waals surface area contributed by atoms with Gasteiger partial charge in [-0.2, -0.15) is 0 Å². The fourth-order valence-electron chi connectivity index (χ4n) is 1.55. The van der Waals surface area contributed by atoms with Gasteiger partial charge in [0.15, 0.2) is 0 Å². The topological polar surface area (TPSA) is 36.4 Å². The van der Waals surface area contributed by atoms with Gasteiger partial charge in [-0.3, -0.25) is 0 Å². The summed E-state index contributed by atoms with van der Waals surface area (Å²) in [5.41, 5.74) is 4.63. The molecule has 1 aromatic carbocycles. The maximum Gasteiger partial charge on any atom is 0.0795 e. The maximum absolute atomic E-state index is 9.05. The van der Waals surface area contributed by atoms with E-state index in [-0.39, 0.29) is 6.61 Å². The second-order valence-electron chi connectivity index (χ2n) is 3.77. The first-order valence-electron chi connectivity index (χ1n) is 5.18. The minimum absolute atomic E-state index is 0.0328. The predicted molar refractivity (Wildman–Crippen MR) is 71.6 cm³/mol. The number of anilines is 1. The van der Waals surface area contributed by atoms with Crippen molar-refractivity contribution in [2.45, 2.75) is 13.2 Å². The van der Waals surface area contributed by atoms with Crippen molar-refractivity contribution in [3.63, 3.8) is 0 Å². The molecular weight excluding hydrogens is 256 g/mol. The number of benzene rings is 1. The van der Waals surface area contributed by atoms with Crippen LogP contribution in [0.15, 0.2) is 29.1 Å². The minimum Gasteiger partial charge on any atom is -0.392 e. The third-order valence-corrected chi connectivity index (χ3v) is 3.52. The van der Waals surface area contributed by atoms with Gasteiger partial charge in [-0.15, -0.1) is 11.3 Å². The van der Waals surface area contributed by atoms with Crippen LogP contribution in [0, 0.1) is 0 Å². The van der Waals surface area contributed by atoms with E-state index in [1.54, 1.807) is 11.3 Å². The lowest BCUT2D eigenvalue weighted by molar-refractivity contribution is 0.282. The Bertz CT molecular complexity index is 487. The smallest absolute Gasteiger partial charge is 0.0795 e. The van der Waals surface area contributed by atoms with Gasteiger partial charge in [-0.1, -0.05) is 17.7 Å². The van der Waals surface area contributed by atoms with Crippen LogP contribution in [0.1, 0.15) is 11.3 Å². The van der Waals surface area contributed by atoms with Gasteiger partial charge in [0.25, 0.3) is 0 Å². The molecule has 0 spiro atoms. The van der Waals surface area contributed by atoms with Crippen LogP contribution >= 0.6 is 22.9 Å². The summed E-state index contributed by atoms with van der Waals surface area (Å²) in [5, 5.41) is 11.7. The van der Waals surface area contributed by atoms with Crippen molar-refractivity contribution in [2.24, 2.45) is 0 Å². The molecule has 17 heavy (non-hydrogen) atoms. The molecule has 3 nitrogen and oxygen atoms in total. The van der Waals surface area contributed by atoms with E-state index in [2.05, 4.69) is 9.88 Å². The Morgan fingerprint density at radius 1 is 1.47 bits per heavy atom. The summed E-state index contributed by atoms with van der Waals surface area (Å²) in [6.45, 7) is 0.715. The Kier molecular flexibility index (Phi) is 3.99. The quantitative estimate of drug-likeness (QED) is 0.926. The van der Waals surface area contributed by atoms with E-state index in [4.69, 9.17) is 16.7 Å². The molecule has 0 amide bonds. The number of aliphatic hydroxyl groups excluding tert-OH is 1. The van der Waals surface area contributed by atoms with Crippen LogP contribution in [0.2, 0.25) is 5.02 Å². The fourth-order valence-corrected chi connectivity index (χ4v) is 2.34. The van der Waals surface area contributed by atoms with Gasteiger partial charge >= 0.3 is 0 Å². The van der Waals surface area contributed by atoms with E-state index in [1.165, 1.54) is 0 Å². The minimum atomic E-state index is -0.0328. The van der Waals surface area contributed by atoms with Crippen LogP contribution in [0.5, 0.6) is 0 Å². The average molecular weight is 269 g/mol. The van der Waals surface area contributed by atoms with Crippen molar-refractivity contribution in [3.8, 4) is 0 Å². The Labute approximate surface area is 109 Å². The summed E-state index contributed by atoms with van der Waals surface area (Å²) >= 11 is 7.64. The van der Waals surface area contributed by atoms with Gasteiger partial charge in [0, 0.05) is 23.1 Å². The van der Waals surface area contributed by atoms with Crippen LogP contribution in [0.3, 0.4) is 0 Å². The molecule has 0 saturated carbocycles. The van der Waals surface area contributed by atoms with E-state index in [0.29, 0.717) is 5.02 Å². The Morgan fingerprint density at radius 3 is 2.88 bits per heavy atom. The number of aromatic nitrogens is 1. The number of aliphatic hydroxyl groups is 1. The molecule has 2 aromatic rings. The summed E-state index contributed by atoms with van der Waals surface area (Å²) in [4.78, 5) is 6.31. The summed E-state index contributed by atoms with van der Waals surface area (Å²) in [6.07, 6.45) is 0. The Morgan fingerprint density at radius 2 is 2.29 bits per heavy atom. The monoisotopic (exact) mass is 268 g/mol. The second-order valence-corrected chi connectivity index (χ2v) is 4.90. The fraction of sp³-hybridized carbons (Fsp3) is 0.250. The normalized spacial score (nSPS) is 10.5. The number of rotatable bonds is 4. The van der Waals surface area contributed by atoms with Crippen LogP contribution in [0.25, 0.3) is 0 Å². The highest BCUT2D eigenvalue weighted by molar-refractivity contribution is 7.07. The lowest BCUT2D eigenvalue weighted by Crippen LogP contribution is -2.16. The average Bonchev–Trinajstić information content (AvgIpc) is 2.81. The summed E-state index contributed by atoms with van der Waals surface area (Å²) in [7, 11) is 1.99. The molecular formula is C12H13ClN2OS. The van der Waals surface area contributed by atoms with Crippen LogP contribution in [-0.2, 0) is 13.2 Å². The van der Waals surface area contributed by atoms with Gasteiger partial charge in [0.1, 0.15) is 0 Å². The Hall–Kier alpha value is -1.10. The number of nitrogens with zero attached hydrogens (tertiary/aromatic N) is 2. The third-order valence-electron chi connectivity index (χ3n) is 2.53. The van der Waals surface area contributed by atoms with Crippen LogP contribution in [0.4, 0.5) is 5.69 Å². The SMILES string of the molecule is CN(Cc1cscn1)c1ccc(CO)c(Cl)c1. The first-order chi connectivity index (χ1) is 8.20. The number of hydrogen-bond acceptors (Lipinski definition) is 4. The first kappa shape index (κ1) is 12.4. The molecule has 1 N–H and O–H groups in total. The Balaban J connectivity index is 2.14. The summed E-state index contributed by atoms with van der Waals surface area (Å²) in [6, 6.07) is 5.65. The lowest BCUT2D eigenvalue weighted by atomic mass is 10.2. The second kappa shape index (κ2) is 5.49.